The van der Waals surface area contributed by atoms with Crippen LogP contribution in [0.1, 0.15) is 11.1 Å². The van der Waals surface area contributed by atoms with Gasteiger partial charge < -0.3 is 19.6 Å². The standard InChI is InChI=1S/C27H23N7/c1-30-23-14-26(33-12-10-31(19-33)24-6-2-21(17-28)3-7-24)16-27(15-23)34-13-11-32(20-34)25-8-4-22(18-29)5-9-25/h2-9,14-16H,10-13,19-20H2. The van der Waals surface area contributed by atoms with Gasteiger partial charge in [0, 0.05) is 48.9 Å². The van der Waals surface area contributed by atoms with E-state index in [1.807, 2.05) is 60.7 Å². The molecule has 2 fully saturated rings. The topological polar surface area (TPSA) is 64.9 Å². The highest BCUT2D eigenvalue weighted by Gasteiger charge is 2.24. The summed E-state index contributed by atoms with van der Waals surface area (Å²) in [7, 11) is 0. The van der Waals surface area contributed by atoms with Crippen molar-refractivity contribution in [1.29, 1.82) is 10.5 Å². The lowest BCUT2D eigenvalue weighted by Gasteiger charge is -2.25. The molecule has 2 aliphatic heterocycles. The molecule has 0 bridgehead atoms. The van der Waals surface area contributed by atoms with Crippen molar-refractivity contribution in [2.45, 2.75) is 0 Å². The van der Waals surface area contributed by atoms with Crippen LogP contribution in [-0.4, -0.2) is 39.5 Å². The van der Waals surface area contributed by atoms with Crippen LogP contribution < -0.4 is 19.6 Å². The van der Waals surface area contributed by atoms with E-state index in [1.165, 1.54) is 0 Å². The van der Waals surface area contributed by atoms with Gasteiger partial charge in [-0.1, -0.05) is 0 Å². The van der Waals surface area contributed by atoms with E-state index in [2.05, 4.69) is 42.6 Å². The van der Waals surface area contributed by atoms with E-state index >= 15 is 0 Å². The summed E-state index contributed by atoms with van der Waals surface area (Å²) in [5.41, 5.74) is 6.26. The lowest BCUT2D eigenvalue weighted by Crippen LogP contribution is -2.26. The number of nitrogens with zero attached hydrogens (tertiary/aromatic N) is 7. The molecular formula is C27H23N7. The summed E-state index contributed by atoms with van der Waals surface area (Å²) < 4.78 is 0. The van der Waals surface area contributed by atoms with Crippen LogP contribution in [0.2, 0.25) is 0 Å². The van der Waals surface area contributed by atoms with Crippen molar-refractivity contribution >= 4 is 28.4 Å². The largest absolute Gasteiger partial charge is 0.353 e. The van der Waals surface area contributed by atoms with E-state index in [0.717, 1.165) is 62.3 Å². The van der Waals surface area contributed by atoms with Gasteiger partial charge in [-0.25, -0.2) is 4.85 Å². The second kappa shape index (κ2) is 9.06. The van der Waals surface area contributed by atoms with E-state index in [-0.39, 0.29) is 0 Å². The van der Waals surface area contributed by atoms with Gasteiger partial charge in [-0.05, 0) is 66.7 Å². The van der Waals surface area contributed by atoms with E-state index in [4.69, 9.17) is 17.1 Å². The summed E-state index contributed by atoms with van der Waals surface area (Å²) in [5, 5.41) is 18.1. The Morgan fingerprint density at radius 3 is 1.32 bits per heavy atom. The summed E-state index contributed by atoms with van der Waals surface area (Å²) in [6.07, 6.45) is 0. The van der Waals surface area contributed by atoms with Crippen molar-refractivity contribution in [3.63, 3.8) is 0 Å². The van der Waals surface area contributed by atoms with E-state index in [1.54, 1.807) is 0 Å². The predicted molar refractivity (Wildman–Crippen MR) is 134 cm³/mol. The zero-order chi connectivity index (χ0) is 23.5. The third-order valence-electron chi connectivity index (χ3n) is 6.43. The molecule has 0 unspecified atom stereocenters. The second-order valence-electron chi connectivity index (χ2n) is 8.47. The maximum Gasteiger partial charge on any atom is 0.191 e. The fraction of sp³-hybridized carbons (Fsp3) is 0.222. The maximum absolute atomic E-state index is 9.04. The average molecular weight is 446 g/mol. The minimum Gasteiger partial charge on any atom is -0.353 e. The normalized spacial score (nSPS) is 15.2. The first-order valence-corrected chi connectivity index (χ1v) is 11.2. The Bertz CT molecular complexity index is 1220. The number of benzene rings is 3. The van der Waals surface area contributed by atoms with Gasteiger partial charge >= 0.3 is 0 Å². The van der Waals surface area contributed by atoms with E-state index in [0.29, 0.717) is 16.8 Å². The molecule has 0 saturated carbocycles. The molecule has 0 aromatic heterocycles. The van der Waals surface area contributed by atoms with Gasteiger partial charge in [0.15, 0.2) is 5.69 Å². The van der Waals surface area contributed by atoms with Gasteiger partial charge in [0.2, 0.25) is 0 Å². The van der Waals surface area contributed by atoms with Crippen LogP contribution in [0.4, 0.5) is 28.4 Å². The number of rotatable bonds is 4. The molecule has 34 heavy (non-hydrogen) atoms. The number of hydrogen-bond acceptors (Lipinski definition) is 6. The van der Waals surface area contributed by atoms with Crippen LogP contribution in [0.15, 0.2) is 66.7 Å². The highest BCUT2D eigenvalue weighted by Crippen LogP contribution is 2.33. The van der Waals surface area contributed by atoms with Crippen molar-refractivity contribution in [1.82, 2.24) is 0 Å². The Hall–Kier alpha value is -4.67. The highest BCUT2D eigenvalue weighted by molar-refractivity contribution is 5.71. The summed E-state index contributed by atoms with van der Waals surface area (Å²) in [6.45, 7) is 12.6. The highest BCUT2D eigenvalue weighted by atomic mass is 15.4. The van der Waals surface area contributed by atoms with E-state index < -0.39 is 0 Å². The Kier molecular flexibility index (Phi) is 5.65. The Labute approximate surface area is 199 Å². The zero-order valence-corrected chi connectivity index (χ0v) is 18.7. The van der Waals surface area contributed by atoms with Crippen LogP contribution >= 0.6 is 0 Å². The molecule has 2 saturated heterocycles. The van der Waals surface area contributed by atoms with Crippen LogP contribution in [0.5, 0.6) is 0 Å². The van der Waals surface area contributed by atoms with Gasteiger partial charge in [0.25, 0.3) is 0 Å². The molecule has 3 aromatic rings. The summed E-state index contributed by atoms with van der Waals surface area (Å²) >= 11 is 0. The first kappa shape index (κ1) is 21.2. The molecule has 3 aromatic carbocycles. The fourth-order valence-corrected chi connectivity index (χ4v) is 4.52. The van der Waals surface area contributed by atoms with Gasteiger partial charge in [0.1, 0.15) is 0 Å². The predicted octanol–water partition coefficient (Wildman–Crippen LogP) is 4.55. The van der Waals surface area contributed by atoms with Gasteiger partial charge in [-0.15, -0.1) is 0 Å². The molecule has 7 heteroatoms. The average Bonchev–Trinajstić information content (AvgIpc) is 3.59. The summed E-state index contributed by atoms with van der Waals surface area (Å²) in [6, 6.07) is 25.8. The summed E-state index contributed by atoms with van der Waals surface area (Å²) in [5.74, 6) is 0. The van der Waals surface area contributed by atoms with Crippen molar-refractivity contribution in [3.8, 4) is 12.1 Å². The minimum atomic E-state index is 0.640. The Morgan fingerprint density at radius 2 is 0.971 bits per heavy atom. The quantitative estimate of drug-likeness (QED) is 0.549. The number of hydrogen-bond donors (Lipinski definition) is 0. The second-order valence-corrected chi connectivity index (χ2v) is 8.47. The smallest absolute Gasteiger partial charge is 0.191 e. The van der Waals surface area contributed by atoms with Crippen molar-refractivity contribution < 1.29 is 0 Å². The van der Waals surface area contributed by atoms with Crippen molar-refractivity contribution in [2.24, 2.45) is 0 Å². The number of nitriles is 2. The molecule has 0 N–H and O–H groups in total. The maximum atomic E-state index is 9.04. The molecule has 2 heterocycles. The molecule has 0 atom stereocenters. The number of anilines is 4. The van der Waals surface area contributed by atoms with Crippen LogP contribution in [0, 0.1) is 29.2 Å². The molecule has 0 amide bonds. The molecular weight excluding hydrogens is 422 g/mol. The third kappa shape index (κ3) is 4.18. The SMILES string of the molecule is [C-]#[N+]c1cc(N2CCN(c3ccc(C#N)cc3)C2)cc(N2CCN(c3ccc(C#N)cc3)C2)c1. The van der Waals surface area contributed by atoms with E-state index in [9.17, 15) is 0 Å². The van der Waals surface area contributed by atoms with Crippen molar-refractivity contribution in [3.05, 3.63) is 89.3 Å². The molecule has 166 valence electrons. The Balaban J connectivity index is 1.32. The van der Waals surface area contributed by atoms with Crippen LogP contribution in [0.25, 0.3) is 4.85 Å². The summed E-state index contributed by atoms with van der Waals surface area (Å²) in [4.78, 5) is 12.9. The lowest BCUT2D eigenvalue weighted by molar-refractivity contribution is 0.937. The molecule has 0 radical (unpaired) electrons. The third-order valence-corrected chi connectivity index (χ3v) is 6.43. The molecule has 0 aliphatic carbocycles. The fourth-order valence-electron chi connectivity index (χ4n) is 4.52. The lowest BCUT2D eigenvalue weighted by atomic mass is 10.2. The first-order valence-electron chi connectivity index (χ1n) is 11.2. The van der Waals surface area contributed by atoms with Gasteiger partial charge in [-0.3, -0.25) is 0 Å². The van der Waals surface area contributed by atoms with Crippen LogP contribution in [-0.2, 0) is 0 Å². The Morgan fingerprint density at radius 1 is 0.588 bits per heavy atom. The van der Waals surface area contributed by atoms with Gasteiger partial charge in [-0.2, -0.15) is 10.5 Å². The first-order chi connectivity index (χ1) is 16.7. The van der Waals surface area contributed by atoms with Crippen LogP contribution in [0.3, 0.4) is 0 Å². The minimum absolute atomic E-state index is 0.640. The molecule has 2 aliphatic rings. The molecule has 0 spiro atoms. The van der Waals surface area contributed by atoms with Gasteiger partial charge in [0.05, 0.1) is 43.2 Å². The molecule has 5 rings (SSSR count). The molecule has 7 nitrogen and oxygen atoms in total. The monoisotopic (exact) mass is 445 g/mol. The zero-order valence-electron chi connectivity index (χ0n) is 18.7. The van der Waals surface area contributed by atoms with Crippen molar-refractivity contribution in [2.75, 3.05) is 59.1 Å².